The molecule has 0 radical (unpaired) electrons. The average molecular weight is 413 g/mol. The minimum absolute atomic E-state index is 0.101. The van der Waals surface area contributed by atoms with Gasteiger partial charge in [-0.15, -0.1) is 0 Å². The van der Waals surface area contributed by atoms with Gasteiger partial charge in [-0.1, -0.05) is 12.1 Å². The summed E-state index contributed by atoms with van der Waals surface area (Å²) in [6.45, 7) is -0.323. The molecule has 0 bridgehead atoms. The number of urea groups is 1. The number of imide groups is 1. The third-order valence-corrected chi connectivity index (χ3v) is 3.97. The van der Waals surface area contributed by atoms with E-state index in [4.69, 9.17) is 4.74 Å². The normalized spacial score (nSPS) is 10.4. The second-order valence-corrected chi connectivity index (χ2v) is 6.19. The highest BCUT2D eigenvalue weighted by Crippen LogP contribution is 2.28. The minimum atomic E-state index is -0.841. The van der Waals surface area contributed by atoms with E-state index in [0.29, 0.717) is 11.1 Å². The molecule has 0 unspecified atom stereocenters. The Hall–Kier alpha value is -3.85. The fraction of sp³-hybridized carbons (Fsp3) is 0.0952. The van der Waals surface area contributed by atoms with Crippen molar-refractivity contribution >= 4 is 17.6 Å². The summed E-state index contributed by atoms with van der Waals surface area (Å²) in [5.74, 6) is -1.66. The molecule has 3 amide bonds. The van der Waals surface area contributed by atoms with E-state index in [1.54, 1.807) is 0 Å². The van der Waals surface area contributed by atoms with Crippen LogP contribution < -0.4 is 15.4 Å². The van der Waals surface area contributed by atoms with Crippen molar-refractivity contribution in [1.29, 1.82) is 0 Å². The smallest absolute Gasteiger partial charge is 0.325 e. The molecule has 7 nitrogen and oxygen atoms in total. The van der Waals surface area contributed by atoms with Gasteiger partial charge < -0.3 is 15.2 Å². The van der Waals surface area contributed by atoms with Crippen LogP contribution in [0.3, 0.4) is 0 Å². The van der Waals surface area contributed by atoms with Crippen molar-refractivity contribution in [1.82, 2.24) is 10.3 Å². The molecule has 0 aliphatic rings. The van der Waals surface area contributed by atoms with Gasteiger partial charge in [0.25, 0.3) is 0 Å². The van der Waals surface area contributed by atoms with Gasteiger partial charge in [-0.2, -0.15) is 0 Å². The number of hydrogen-bond acceptors (Lipinski definition) is 5. The highest BCUT2D eigenvalue weighted by Gasteiger charge is 2.12. The van der Waals surface area contributed by atoms with Crippen LogP contribution in [-0.2, 0) is 17.8 Å². The van der Waals surface area contributed by atoms with E-state index in [2.05, 4.69) is 15.6 Å². The first kappa shape index (κ1) is 20.9. The molecule has 0 saturated carbocycles. The quantitative estimate of drug-likeness (QED) is 0.574. The molecule has 1 heterocycles. The fourth-order valence-corrected chi connectivity index (χ4v) is 2.53. The molecular formula is C21H17F2N3O4. The Bertz CT molecular complexity index is 1060. The van der Waals surface area contributed by atoms with Gasteiger partial charge in [0.2, 0.25) is 5.91 Å². The van der Waals surface area contributed by atoms with Crippen LogP contribution in [0.5, 0.6) is 11.5 Å². The Morgan fingerprint density at radius 3 is 2.50 bits per heavy atom. The molecule has 0 aliphatic heterocycles. The van der Waals surface area contributed by atoms with Crippen molar-refractivity contribution in [3.63, 3.8) is 0 Å². The van der Waals surface area contributed by atoms with Crippen molar-refractivity contribution in [2.24, 2.45) is 0 Å². The molecule has 0 spiro atoms. The van der Waals surface area contributed by atoms with E-state index in [0.717, 1.165) is 6.07 Å². The van der Waals surface area contributed by atoms with E-state index in [9.17, 15) is 23.5 Å². The van der Waals surface area contributed by atoms with Gasteiger partial charge in [-0.25, -0.2) is 13.6 Å². The number of carbonyl (C=O) groups is 2. The van der Waals surface area contributed by atoms with Gasteiger partial charge in [0.15, 0.2) is 11.6 Å². The molecule has 0 fully saturated rings. The average Bonchev–Trinajstić information content (AvgIpc) is 2.72. The van der Waals surface area contributed by atoms with Gasteiger partial charge in [0, 0.05) is 29.7 Å². The first-order valence-electron chi connectivity index (χ1n) is 8.81. The monoisotopic (exact) mass is 413 g/mol. The molecule has 3 aromatic rings. The number of nitrogens with one attached hydrogen (secondary N) is 2. The number of hydrogen-bond donors (Lipinski definition) is 3. The Morgan fingerprint density at radius 1 is 1.03 bits per heavy atom. The number of aromatic nitrogens is 1. The summed E-state index contributed by atoms with van der Waals surface area (Å²) < 4.78 is 32.7. The first-order chi connectivity index (χ1) is 14.4. The molecule has 30 heavy (non-hydrogen) atoms. The summed E-state index contributed by atoms with van der Waals surface area (Å²) in [7, 11) is 0. The number of carbonyl (C=O) groups excluding carboxylic acids is 2. The van der Waals surface area contributed by atoms with Crippen LogP contribution in [-0.4, -0.2) is 22.0 Å². The second-order valence-electron chi connectivity index (χ2n) is 6.19. The van der Waals surface area contributed by atoms with E-state index >= 15 is 0 Å². The summed E-state index contributed by atoms with van der Waals surface area (Å²) in [6, 6.07) is 9.66. The number of benzene rings is 2. The zero-order valence-corrected chi connectivity index (χ0v) is 15.6. The molecule has 3 rings (SSSR count). The van der Waals surface area contributed by atoms with Crippen LogP contribution in [0.25, 0.3) is 0 Å². The van der Waals surface area contributed by atoms with Crippen LogP contribution in [0, 0.1) is 11.6 Å². The van der Waals surface area contributed by atoms with Crippen molar-refractivity contribution in [3.05, 3.63) is 83.7 Å². The van der Waals surface area contributed by atoms with Crippen LogP contribution in [0.4, 0.5) is 19.3 Å². The Kier molecular flexibility index (Phi) is 6.66. The first-order valence-corrected chi connectivity index (χ1v) is 8.81. The zero-order valence-electron chi connectivity index (χ0n) is 15.6. The molecule has 154 valence electrons. The number of ether oxygens (including phenoxy) is 1. The van der Waals surface area contributed by atoms with Gasteiger partial charge in [-0.3, -0.25) is 15.1 Å². The summed E-state index contributed by atoms with van der Waals surface area (Å²) >= 11 is 0. The molecule has 9 heteroatoms. The molecule has 0 saturated heterocycles. The molecule has 1 aromatic heterocycles. The predicted molar refractivity (Wildman–Crippen MR) is 104 cm³/mol. The highest BCUT2D eigenvalue weighted by atomic mass is 19.1. The minimum Gasteiger partial charge on any atom is -0.454 e. The molecular weight excluding hydrogens is 396 g/mol. The van der Waals surface area contributed by atoms with Crippen molar-refractivity contribution < 1.29 is 28.2 Å². The third-order valence-electron chi connectivity index (χ3n) is 3.97. The largest absolute Gasteiger partial charge is 0.454 e. The maximum Gasteiger partial charge on any atom is 0.325 e. The summed E-state index contributed by atoms with van der Waals surface area (Å²) in [4.78, 5) is 27.7. The van der Waals surface area contributed by atoms with Gasteiger partial charge in [0.1, 0.15) is 11.6 Å². The summed E-state index contributed by atoms with van der Waals surface area (Å²) in [5.41, 5.74) is 1.02. The lowest BCUT2D eigenvalue weighted by Crippen LogP contribution is -2.35. The van der Waals surface area contributed by atoms with E-state index in [1.165, 1.54) is 54.9 Å². The summed E-state index contributed by atoms with van der Waals surface area (Å²) in [5, 5.41) is 13.7. The second kappa shape index (κ2) is 9.57. The third kappa shape index (κ3) is 5.58. The number of nitrogens with zero attached hydrogens (tertiary/aromatic N) is 1. The van der Waals surface area contributed by atoms with Crippen molar-refractivity contribution in [2.75, 3.05) is 5.32 Å². The maximum atomic E-state index is 14.3. The van der Waals surface area contributed by atoms with Crippen LogP contribution >= 0.6 is 0 Å². The lowest BCUT2D eigenvalue weighted by Gasteiger charge is -2.11. The number of anilines is 1. The van der Waals surface area contributed by atoms with Crippen molar-refractivity contribution in [2.45, 2.75) is 13.0 Å². The SMILES string of the molecule is O=C(Cc1ccc(F)cc1)NC(=O)Nc1ccc(Oc2ccncc2CO)c(F)c1. The molecule has 2 aromatic carbocycles. The van der Waals surface area contributed by atoms with Gasteiger partial charge >= 0.3 is 6.03 Å². The van der Waals surface area contributed by atoms with Gasteiger partial charge in [-0.05, 0) is 35.9 Å². The van der Waals surface area contributed by atoms with Crippen LogP contribution in [0.15, 0.2) is 60.9 Å². The number of aliphatic hydroxyl groups excluding tert-OH is 1. The topological polar surface area (TPSA) is 101 Å². The molecule has 3 N–H and O–H groups in total. The number of pyridine rings is 1. The number of halogens is 2. The molecule has 0 aliphatic carbocycles. The maximum absolute atomic E-state index is 14.3. The number of amides is 3. The zero-order chi connectivity index (χ0) is 21.5. The van der Waals surface area contributed by atoms with E-state index in [-0.39, 0.29) is 30.2 Å². The number of aliphatic hydroxyl groups is 1. The fourth-order valence-electron chi connectivity index (χ4n) is 2.53. The molecule has 0 atom stereocenters. The Labute approximate surface area is 170 Å². The van der Waals surface area contributed by atoms with E-state index < -0.39 is 23.6 Å². The van der Waals surface area contributed by atoms with Crippen LogP contribution in [0.1, 0.15) is 11.1 Å². The summed E-state index contributed by atoms with van der Waals surface area (Å²) in [6.07, 6.45) is 2.72. The van der Waals surface area contributed by atoms with E-state index in [1.807, 2.05) is 0 Å². The Balaban J connectivity index is 1.58. The predicted octanol–water partition coefficient (Wildman–Crippen LogP) is 3.54. The standard InChI is InChI=1S/C21H17F2N3O4/c22-15-3-1-13(2-4-15)9-20(28)26-21(29)25-16-5-6-19(17(23)10-16)30-18-7-8-24-11-14(18)12-27/h1-8,10-11,27H,9,12H2,(H2,25,26,28,29). The lowest BCUT2D eigenvalue weighted by atomic mass is 10.1. The van der Waals surface area contributed by atoms with Crippen molar-refractivity contribution in [3.8, 4) is 11.5 Å². The Morgan fingerprint density at radius 2 is 1.80 bits per heavy atom. The van der Waals surface area contributed by atoms with Crippen LogP contribution in [0.2, 0.25) is 0 Å². The lowest BCUT2D eigenvalue weighted by molar-refractivity contribution is -0.119. The number of rotatable bonds is 6. The van der Waals surface area contributed by atoms with Gasteiger partial charge in [0.05, 0.1) is 13.0 Å². The highest BCUT2D eigenvalue weighted by molar-refractivity contribution is 6.01.